The highest BCUT2D eigenvalue weighted by Crippen LogP contribution is 2.22. The highest BCUT2D eigenvalue weighted by atomic mass is 16.7. The molecular weight excluding hydrogens is 196 g/mol. The molecule has 0 aromatic heterocycles. The molecule has 1 aliphatic rings. The topological polar surface area (TPSA) is 44.8 Å². The first kappa shape index (κ1) is 12.2. The number of hydrogen-bond donors (Lipinski definition) is 0. The molecule has 15 heavy (non-hydrogen) atoms. The Morgan fingerprint density at radius 3 is 2.47 bits per heavy atom. The van der Waals surface area contributed by atoms with Gasteiger partial charge >= 0.3 is 5.97 Å². The van der Waals surface area contributed by atoms with Crippen LogP contribution in [0.15, 0.2) is 12.2 Å². The molecule has 0 aromatic carbocycles. The molecule has 0 saturated carbocycles. The van der Waals surface area contributed by atoms with Crippen LogP contribution in [0.3, 0.4) is 0 Å². The molecule has 0 radical (unpaired) electrons. The smallest absolute Gasteiger partial charge is 0.333 e. The van der Waals surface area contributed by atoms with Crippen LogP contribution in [-0.2, 0) is 19.0 Å². The zero-order chi connectivity index (χ0) is 11.5. The fraction of sp³-hybridized carbons (Fsp3) is 0.727. The summed E-state index contributed by atoms with van der Waals surface area (Å²) in [4.78, 5) is 11.2. The van der Waals surface area contributed by atoms with E-state index < -0.39 is 11.8 Å². The highest BCUT2D eigenvalue weighted by Gasteiger charge is 2.32. The van der Waals surface area contributed by atoms with Crippen LogP contribution in [0.25, 0.3) is 0 Å². The van der Waals surface area contributed by atoms with Gasteiger partial charge in [-0.05, 0) is 20.3 Å². The van der Waals surface area contributed by atoms with Gasteiger partial charge in [-0.3, -0.25) is 0 Å². The van der Waals surface area contributed by atoms with Crippen LogP contribution in [0.4, 0.5) is 0 Å². The molecule has 1 rings (SSSR count). The van der Waals surface area contributed by atoms with Crippen LogP contribution in [0.5, 0.6) is 0 Å². The monoisotopic (exact) mass is 214 g/mol. The van der Waals surface area contributed by atoms with Gasteiger partial charge in [0.2, 0.25) is 0 Å². The van der Waals surface area contributed by atoms with E-state index in [9.17, 15) is 4.79 Å². The van der Waals surface area contributed by atoms with Gasteiger partial charge in [0.05, 0.1) is 13.2 Å². The van der Waals surface area contributed by atoms with Crippen molar-refractivity contribution in [1.82, 2.24) is 0 Å². The van der Waals surface area contributed by atoms with Gasteiger partial charge in [0.15, 0.2) is 5.79 Å². The third kappa shape index (κ3) is 3.32. The molecular formula is C11H18O4. The SMILES string of the molecule is C=C(C)C(=O)OC1COC(C)(CC)OC1. The summed E-state index contributed by atoms with van der Waals surface area (Å²) in [5.74, 6) is -0.932. The maximum absolute atomic E-state index is 11.2. The van der Waals surface area contributed by atoms with E-state index in [-0.39, 0.29) is 6.10 Å². The lowest BCUT2D eigenvalue weighted by atomic mass is 10.2. The molecule has 1 aliphatic heterocycles. The molecule has 0 atom stereocenters. The third-order valence-corrected chi connectivity index (χ3v) is 2.41. The average molecular weight is 214 g/mol. The summed E-state index contributed by atoms with van der Waals surface area (Å²) in [6.07, 6.45) is 0.447. The molecule has 1 fully saturated rings. The number of ether oxygens (including phenoxy) is 3. The van der Waals surface area contributed by atoms with E-state index in [0.29, 0.717) is 18.8 Å². The van der Waals surface area contributed by atoms with Gasteiger partial charge in [-0.15, -0.1) is 0 Å². The second kappa shape index (κ2) is 4.77. The number of carbonyl (C=O) groups excluding carboxylic acids is 1. The van der Waals surface area contributed by atoms with Gasteiger partial charge in [0, 0.05) is 5.57 Å². The van der Waals surface area contributed by atoms with Crippen LogP contribution >= 0.6 is 0 Å². The minimum absolute atomic E-state index is 0.325. The van der Waals surface area contributed by atoms with Crippen molar-refractivity contribution in [2.75, 3.05) is 13.2 Å². The van der Waals surface area contributed by atoms with Crippen molar-refractivity contribution < 1.29 is 19.0 Å². The number of carbonyl (C=O) groups is 1. The van der Waals surface area contributed by atoms with E-state index in [1.807, 2.05) is 13.8 Å². The molecule has 0 aromatic rings. The second-order valence-corrected chi connectivity index (χ2v) is 3.92. The maximum atomic E-state index is 11.2. The van der Waals surface area contributed by atoms with Gasteiger partial charge < -0.3 is 14.2 Å². The van der Waals surface area contributed by atoms with Gasteiger partial charge in [0.25, 0.3) is 0 Å². The lowest BCUT2D eigenvalue weighted by molar-refractivity contribution is -0.285. The fourth-order valence-electron chi connectivity index (χ4n) is 1.15. The van der Waals surface area contributed by atoms with Crippen molar-refractivity contribution >= 4 is 5.97 Å². The Hall–Kier alpha value is -0.870. The van der Waals surface area contributed by atoms with E-state index in [4.69, 9.17) is 14.2 Å². The first-order valence-electron chi connectivity index (χ1n) is 5.11. The highest BCUT2D eigenvalue weighted by molar-refractivity contribution is 5.87. The summed E-state index contributed by atoms with van der Waals surface area (Å²) in [5, 5.41) is 0. The summed E-state index contributed by atoms with van der Waals surface area (Å²) in [6, 6.07) is 0. The molecule has 1 saturated heterocycles. The third-order valence-electron chi connectivity index (χ3n) is 2.41. The van der Waals surface area contributed by atoms with Crippen molar-refractivity contribution in [3.8, 4) is 0 Å². The Labute approximate surface area is 90.2 Å². The van der Waals surface area contributed by atoms with Crippen molar-refractivity contribution in [3.05, 3.63) is 12.2 Å². The zero-order valence-corrected chi connectivity index (χ0v) is 9.54. The molecule has 0 unspecified atom stereocenters. The van der Waals surface area contributed by atoms with E-state index >= 15 is 0 Å². The second-order valence-electron chi connectivity index (χ2n) is 3.92. The number of rotatable bonds is 3. The van der Waals surface area contributed by atoms with Gasteiger partial charge in [-0.25, -0.2) is 4.79 Å². The number of hydrogen-bond acceptors (Lipinski definition) is 4. The Balaban J connectivity index is 2.38. The minimum Gasteiger partial charge on any atom is -0.454 e. The van der Waals surface area contributed by atoms with Crippen molar-refractivity contribution in [2.45, 2.75) is 39.1 Å². The quantitative estimate of drug-likeness (QED) is 0.529. The number of esters is 1. The van der Waals surface area contributed by atoms with Crippen molar-refractivity contribution in [1.29, 1.82) is 0 Å². The predicted octanol–water partition coefficient (Wildman–Crippen LogP) is 1.65. The van der Waals surface area contributed by atoms with E-state index in [2.05, 4.69) is 6.58 Å². The van der Waals surface area contributed by atoms with Crippen molar-refractivity contribution in [2.24, 2.45) is 0 Å². The maximum Gasteiger partial charge on any atom is 0.333 e. The van der Waals surface area contributed by atoms with Crippen LogP contribution in [0, 0.1) is 0 Å². The predicted molar refractivity (Wildman–Crippen MR) is 55.3 cm³/mol. The molecule has 0 bridgehead atoms. The van der Waals surface area contributed by atoms with E-state index in [1.54, 1.807) is 6.92 Å². The van der Waals surface area contributed by atoms with Crippen LogP contribution in [-0.4, -0.2) is 31.1 Å². The molecule has 86 valence electrons. The first-order chi connectivity index (χ1) is 6.97. The summed E-state index contributed by atoms with van der Waals surface area (Å²) in [6.45, 7) is 9.75. The summed E-state index contributed by atoms with van der Waals surface area (Å²) >= 11 is 0. The van der Waals surface area contributed by atoms with E-state index in [0.717, 1.165) is 6.42 Å². The molecule has 0 spiro atoms. The largest absolute Gasteiger partial charge is 0.454 e. The zero-order valence-electron chi connectivity index (χ0n) is 9.54. The molecule has 1 heterocycles. The Kier molecular flexibility index (Phi) is 3.88. The van der Waals surface area contributed by atoms with Crippen LogP contribution < -0.4 is 0 Å². The van der Waals surface area contributed by atoms with E-state index in [1.165, 1.54) is 0 Å². The van der Waals surface area contributed by atoms with Crippen LogP contribution in [0.1, 0.15) is 27.2 Å². The van der Waals surface area contributed by atoms with Gasteiger partial charge in [-0.2, -0.15) is 0 Å². The van der Waals surface area contributed by atoms with Gasteiger partial charge in [0.1, 0.15) is 6.10 Å². The Bertz CT molecular complexity index is 251. The first-order valence-corrected chi connectivity index (χ1v) is 5.11. The Morgan fingerprint density at radius 1 is 1.53 bits per heavy atom. The molecule has 0 aliphatic carbocycles. The lowest BCUT2D eigenvalue weighted by Gasteiger charge is -2.36. The molecule has 4 nitrogen and oxygen atoms in total. The summed E-state index contributed by atoms with van der Waals surface area (Å²) in [5.41, 5.74) is 0.388. The van der Waals surface area contributed by atoms with Crippen molar-refractivity contribution in [3.63, 3.8) is 0 Å². The molecule has 0 N–H and O–H groups in total. The standard InChI is InChI=1S/C11H18O4/c1-5-11(4)13-6-9(7-14-11)15-10(12)8(2)3/h9H,2,5-7H2,1,3-4H3. The summed E-state index contributed by atoms with van der Waals surface area (Å²) in [7, 11) is 0. The fourth-order valence-corrected chi connectivity index (χ4v) is 1.15. The molecule has 4 heteroatoms. The Morgan fingerprint density at radius 2 is 2.07 bits per heavy atom. The normalized spacial score (nSPS) is 31.0. The minimum atomic E-state index is -0.536. The van der Waals surface area contributed by atoms with Crippen LogP contribution in [0.2, 0.25) is 0 Å². The van der Waals surface area contributed by atoms with Gasteiger partial charge in [-0.1, -0.05) is 13.5 Å². The lowest BCUT2D eigenvalue weighted by Crippen LogP contribution is -2.45. The molecule has 0 amide bonds. The average Bonchev–Trinajstić information content (AvgIpc) is 2.21. The summed E-state index contributed by atoms with van der Waals surface area (Å²) < 4.78 is 16.1.